The lowest BCUT2D eigenvalue weighted by Gasteiger charge is -2.12. The van der Waals surface area contributed by atoms with Crippen molar-refractivity contribution < 1.29 is 4.79 Å². The molecule has 2 N–H and O–H groups in total. The zero-order chi connectivity index (χ0) is 16.5. The molecule has 0 saturated carbocycles. The number of nitriles is 1. The van der Waals surface area contributed by atoms with Gasteiger partial charge >= 0.3 is 0 Å². The molecule has 0 aromatic heterocycles. The molecule has 0 aliphatic carbocycles. The van der Waals surface area contributed by atoms with Crippen LogP contribution in [0, 0.1) is 17.2 Å². The molecule has 1 atom stereocenters. The number of carbonyl (C=O) groups is 1. The number of amides is 1. The van der Waals surface area contributed by atoms with Crippen molar-refractivity contribution in [2.24, 2.45) is 5.92 Å². The molecule has 1 amide bonds. The van der Waals surface area contributed by atoms with Gasteiger partial charge in [0, 0.05) is 22.0 Å². The second-order valence-corrected chi connectivity index (χ2v) is 6.17. The largest absolute Gasteiger partial charge is 0.375 e. The van der Waals surface area contributed by atoms with Gasteiger partial charge in [0.2, 0.25) is 5.91 Å². The third kappa shape index (κ3) is 5.68. The predicted octanol–water partition coefficient (Wildman–Crippen LogP) is 3.99. The van der Waals surface area contributed by atoms with Crippen molar-refractivity contribution in [3.63, 3.8) is 0 Å². The van der Waals surface area contributed by atoms with Gasteiger partial charge in [0.25, 0.3) is 0 Å². The quantitative estimate of drug-likeness (QED) is 0.756. The fourth-order valence-electron chi connectivity index (χ4n) is 1.89. The van der Waals surface area contributed by atoms with Crippen molar-refractivity contribution in [1.29, 1.82) is 5.26 Å². The molecule has 0 fully saturated rings. The maximum atomic E-state index is 12.0. The van der Waals surface area contributed by atoms with Crippen LogP contribution in [-0.2, 0) is 4.79 Å². The maximum absolute atomic E-state index is 12.0. The van der Waals surface area contributed by atoms with E-state index >= 15 is 0 Å². The van der Waals surface area contributed by atoms with E-state index in [9.17, 15) is 4.79 Å². The van der Waals surface area contributed by atoms with E-state index in [1.165, 1.54) is 0 Å². The number of hydrogen-bond acceptors (Lipinski definition) is 4. The second-order valence-electron chi connectivity index (χ2n) is 5.11. The first-order chi connectivity index (χ1) is 11.2. The SMILES string of the molecule is C[C@H](C#N)CSc1ccccc1NCC(=O)Nc1ccccc1. The van der Waals surface area contributed by atoms with Crippen LogP contribution >= 0.6 is 11.8 Å². The smallest absolute Gasteiger partial charge is 0.243 e. The van der Waals surface area contributed by atoms with Gasteiger partial charge in [0.1, 0.15) is 0 Å². The molecule has 118 valence electrons. The highest BCUT2D eigenvalue weighted by Crippen LogP contribution is 2.28. The Kier molecular flexibility index (Phi) is 6.52. The Bertz CT molecular complexity index is 682. The van der Waals surface area contributed by atoms with Crippen LogP contribution < -0.4 is 10.6 Å². The Labute approximate surface area is 140 Å². The summed E-state index contributed by atoms with van der Waals surface area (Å²) < 4.78 is 0. The van der Waals surface area contributed by atoms with Crippen molar-refractivity contribution in [3.05, 3.63) is 54.6 Å². The topological polar surface area (TPSA) is 64.9 Å². The van der Waals surface area contributed by atoms with Gasteiger partial charge < -0.3 is 10.6 Å². The Hall–Kier alpha value is -2.45. The van der Waals surface area contributed by atoms with Gasteiger partial charge in [-0.15, -0.1) is 11.8 Å². The lowest BCUT2D eigenvalue weighted by atomic mass is 10.3. The minimum atomic E-state index is -0.0959. The van der Waals surface area contributed by atoms with Crippen LogP contribution in [-0.4, -0.2) is 18.2 Å². The number of rotatable bonds is 7. The van der Waals surface area contributed by atoms with Crippen LogP contribution in [0.2, 0.25) is 0 Å². The lowest BCUT2D eigenvalue weighted by molar-refractivity contribution is -0.114. The molecule has 2 aromatic carbocycles. The molecular weight excluding hydrogens is 306 g/mol. The van der Waals surface area contributed by atoms with Crippen LogP contribution in [0.3, 0.4) is 0 Å². The number of anilines is 2. The zero-order valence-corrected chi connectivity index (χ0v) is 13.8. The van der Waals surface area contributed by atoms with E-state index in [1.54, 1.807) is 11.8 Å². The fourth-order valence-corrected chi connectivity index (χ4v) is 2.87. The Balaban J connectivity index is 1.90. The summed E-state index contributed by atoms with van der Waals surface area (Å²) in [5.41, 5.74) is 1.69. The molecule has 0 aliphatic heterocycles. The number of nitrogens with one attached hydrogen (secondary N) is 2. The van der Waals surface area contributed by atoms with Crippen LogP contribution in [0.1, 0.15) is 6.92 Å². The summed E-state index contributed by atoms with van der Waals surface area (Å²) in [6.07, 6.45) is 0. The summed E-state index contributed by atoms with van der Waals surface area (Å²) in [7, 11) is 0. The molecular formula is C18H19N3OS. The highest BCUT2D eigenvalue weighted by atomic mass is 32.2. The van der Waals surface area contributed by atoms with Gasteiger partial charge in [-0.3, -0.25) is 4.79 Å². The van der Waals surface area contributed by atoms with Crippen molar-refractivity contribution in [1.82, 2.24) is 0 Å². The third-order valence-corrected chi connectivity index (χ3v) is 4.43. The highest BCUT2D eigenvalue weighted by molar-refractivity contribution is 7.99. The summed E-state index contributed by atoms with van der Waals surface area (Å²) in [6, 6.07) is 19.4. The van der Waals surface area contributed by atoms with E-state index in [2.05, 4.69) is 16.7 Å². The first kappa shape index (κ1) is 16.9. The lowest BCUT2D eigenvalue weighted by Crippen LogP contribution is -2.21. The minimum Gasteiger partial charge on any atom is -0.375 e. The molecule has 0 radical (unpaired) electrons. The summed E-state index contributed by atoms with van der Waals surface area (Å²) in [5, 5.41) is 14.9. The monoisotopic (exact) mass is 325 g/mol. The van der Waals surface area contributed by atoms with Crippen molar-refractivity contribution in [3.8, 4) is 6.07 Å². The van der Waals surface area contributed by atoms with E-state index in [0.717, 1.165) is 22.0 Å². The summed E-state index contributed by atoms with van der Waals surface area (Å²) in [6.45, 7) is 2.09. The van der Waals surface area contributed by atoms with Gasteiger partial charge in [-0.25, -0.2) is 0 Å². The summed E-state index contributed by atoms with van der Waals surface area (Å²) >= 11 is 1.62. The molecule has 0 bridgehead atoms. The Morgan fingerprint density at radius 2 is 1.87 bits per heavy atom. The van der Waals surface area contributed by atoms with Gasteiger partial charge in [-0.05, 0) is 31.2 Å². The molecule has 0 heterocycles. The zero-order valence-electron chi connectivity index (χ0n) is 13.0. The third-order valence-electron chi connectivity index (χ3n) is 3.09. The fraction of sp³-hybridized carbons (Fsp3) is 0.222. The first-order valence-corrected chi connectivity index (χ1v) is 8.38. The number of hydrogen-bond donors (Lipinski definition) is 2. The second kappa shape index (κ2) is 8.86. The van der Waals surface area contributed by atoms with E-state index < -0.39 is 0 Å². The predicted molar refractivity (Wildman–Crippen MR) is 95.5 cm³/mol. The molecule has 23 heavy (non-hydrogen) atoms. The minimum absolute atomic E-state index is 0.00515. The molecule has 4 nitrogen and oxygen atoms in total. The summed E-state index contributed by atoms with van der Waals surface area (Å²) in [5.74, 6) is 0.627. The van der Waals surface area contributed by atoms with Crippen molar-refractivity contribution >= 4 is 29.0 Å². The maximum Gasteiger partial charge on any atom is 0.243 e. The van der Waals surface area contributed by atoms with Gasteiger partial charge in [0.15, 0.2) is 0 Å². The number of carbonyl (C=O) groups excluding carboxylic acids is 1. The first-order valence-electron chi connectivity index (χ1n) is 7.39. The highest BCUT2D eigenvalue weighted by Gasteiger charge is 2.07. The molecule has 2 rings (SSSR count). The average Bonchev–Trinajstić information content (AvgIpc) is 2.59. The Morgan fingerprint density at radius 1 is 1.17 bits per heavy atom. The van der Waals surface area contributed by atoms with E-state index in [4.69, 9.17) is 5.26 Å². The number of para-hydroxylation sites is 2. The summed E-state index contributed by atoms with van der Waals surface area (Å²) in [4.78, 5) is 13.0. The molecule has 0 aliphatic rings. The van der Waals surface area contributed by atoms with Crippen molar-refractivity contribution in [2.45, 2.75) is 11.8 Å². The molecule has 0 spiro atoms. The standard InChI is InChI=1S/C18H19N3OS/c1-14(11-19)13-23-17-10-6-5-9-16(17)20-12-18(22)21-15-7-3-2-4-8-15/h2-10,14,20H,12-13H2,1H3,(H,21,22)/t14-/m1/s1. The number of benzene rings is 2. The van der Waals surface area contributed by atoms with Crippen LogP contribution in [0.5, 0.6) is 0 Å². The normalized spacial score (nSPS) is 11.3. The Morgan fingerprint density at radius 3 is 2.61 bits per heavy atom. The average molecular weight is 325 g/mol. The van der Waals surface area contributed by atoms with E-state index in [0.29, 0.717) is 0 Å². The van der Waals surface area contributed by atoms with Gasteiger partial charge in [-0.1, -0.05) is 30.3 Å². The van der Waals surface area contributed by atoms with Gasteiger partial charge in [0.05, 0.1) is 18.5 Å². The van der Waals surface area contributed by atoms with E-state index in [-0.39, 0.29) is 18.4 Å². The molecule has 5 heteroatoms. The molecule has 0 saturated heterocycles. The van der Waals surface area contributed by atoms with Crippen LogP contribution in [0.15, 0.2) is 59.5 Å². The van der Waals surface area contributed by atoms with Gasteiger partial charge in [-0.2, -0.15) is 5.26 Å². The number of thioether (sulfide) groups is 1. The number of nitrogens with zero attached hydrogens (tertiary/aromatic N) is 1. The van der Waals surface area contributed by atoms with Crippen LogP contribution in [0.25, 0.3) is 0 Å². The van der Waals surface area contributed by atoms with Crippen molar-refractivity contribution in [2.75, 3.05) is 22.9 Å². The van der Waals surface area contributed by atoms with E-state index in [1.807, 2.05) is 61.5 Å². The van der Waals surface area contributed by atoms with Crippen LogP contribution in [0.4, 0.5) is 11.4 Å². The molecule has 0 unspecified atom stereocenters. The molecule has 2 aromatic rings.